The maximum atomic E-state index is 10.6. The van der Waals surface area contributed by atoms with Crippen molar-refractivity contribution in [3.05, 3.63) is 30.3 Å². The lowest BCUT2D eigenvalue weighted by Crippen LogP contribution is -2.40. The number of carbonyl (C=O) groups is 1. The fraction of sp³-hybridized carbons (Fsp3) is 0.385. The van der Waals surface area contributed by atoms with E-state index in [1.54, 1.807) is 11.8 Å². The van der Waals surface area contributed by atoms with Crippen molar-refractivity contribution in [1.82, 2.24) is 16.0 Å². The summed E-state index contributed by atoms with van der Waals surface area (Å²) in [6, 6.07) is 10.3. The van der Waals surface area contributed by atoms with Crippen LogP contribution in [0.4, 0.5) is 0 Å². The van der Waals surface area contributed by atoms with Crippen LogP contribution in [-0.4, -0.2) is 36.4 Å². The molecule has 0 aliphatic rings. The molecule has 0 aromatic heterocycles. The first-order valence-corrected chi connectivity index (χ1v) is 7.52. The molecule has 19 heavy (non-hydrogen) atoms. The van der Waals surface area contributed by atoms with E-state index >= 15 is 0 Å². The van der Waals surface area contributed by atoms with Crippen molar-refractivity contribution >= 4 is 35.0 Å². The summed E-state index contributed by atoms with van der Waals surface area (Å²) in [5.74, 6) is 0.928. The van der Waals surface area contributed by atoms with Gasteiger partial charge in [-0.05, 0) is 24.4 Å². The van der Waals surface area contributed by atoms with Gasteiger partial charge in [-0.1, -0.05) is 18.2 Å². The van der Waals surface area contributed by atoms with Crippen LogP contribution in [0.15, 0.2) is 35.2 Å². The molecule has 0 atom stereocenters. The summed E-state index contributed by atoms with van der Waals surface area (Å²) >= 11 is 6.91. The number of hydrogen-bond donors (Lipinski definition) is 3. The third kappa shape index (κ3) is 8.45. The lowest BCUT2D eigenvalue weighted by Gasteiger charge is -2.10. The van der Waals surface area contributed by atoms with E-state index in [0.29, 0.717) is 18.2 Å². The lowest BCUT2D eigenvalue weighted by molar-refractivity contribution is -0.118. The Hall–Kier alpha value is -1.27. The second-order valence-corrected chi connectivity index (χ2v) is 5.40. The minimum absolute atomic E-state index is 0.0278. The van der Waals surface area contributed by atoms with Crippen molar-refractivity contribution < 1.29 is 4.79 Å². The number of rotatable bonds is 7. The number of benzene rings is 1. The molecule has 0 saturated carbocycles. The molecular weight excluding hydrogens is 278 g/mol. The summed E-state index contributed by atoms with van der Waals surface area (Å²) in [5.41, 5.74) is 0. The average molecular weight is 297 g/mol. The number of amides is 1. The SMILES string of the molecule is CC(=O)NCCNC(=S)NCCSc1ccccc1. The molecule has 6 heteroatoms. The van der Waals surface area contributed by atoms with Crippen molar-refractivity contribution in [2.24, 2.45) is 0 Å². The molecule has 1 aromatic rings. The van der Waals surface area contributed by atoms with Crippen LogP contribution in [0.2, 0.25) is 0 Å². The Kier molecular flexibility index (Phi) is 8.00. The quantitative estimate of drug-likeness (QED) is 0.403. The summed E-state index contributed by atoms with van der Waals surface area (Å²) < 4.78 is 0. The van der Waals surface area contributed by atoms with Crippen LogP contribution in [0.1, 0.15) is 6.92 Å². The van der Waals surface area contributed by atoms with Crippen LogP contribution in [0, 0.1) is 0 Å². The summed E-state index contributed by atoms with van der Waals surface area (Å²) in [6.07, 6.45) is 0. The Morgan fingerprint density at radius 2 is 1.74 bits per heavy atom. The minimum Gasteiger partial charge on any atom is -0.362 e. The highest BCUT2D eigenvalue weighted by molar-refractivity contribution is 7.99. The highest BCUT2D eigenvalue weighted by Crippen LogP contribution is 2.15. The molecule has 3 N–H and O–H groups in total. The minimum atomic E-state index is -0.0278. The molecule has 104 valence electrons. The zero-order valence-corrected chi connectivity index (χ0v) is 12.6. The zero-order chi connectivity index (χ0) is 13.9. The molecule has 1 rings (SSSR count). The van der Waals surface area contributed by atoms with E-state index in [0.717, 1.165) is 12.3 Å². The predicted octanol–water partition coefficient (Wildman–Crippen LogP) is 1.38. The third-order valence-corrected chi connectivity index (χ3v) is 3.49. The molecule has 0 bridgehead atoms. The Bertz CT molecular complexity index is 398. The normalized spacial score (nSPS) is 9.74. The van der Waals surface area contributed by atoms with Gasteiger partial charge in [0.05, 0.1) is 0 Å². The van der Waals surface area contributed by atoms with Crippen LogP contribution < -0.4 is 16.0 Å². The first-order valence-electron chi connectivity index (χ1n) is 6.12. The molecule has 0 spiro atoms. The van der Waals surface area contributed by atoms with Gasteiger partial charge in [-0.15, -0.1) is 11.8 Å². The van der Waals surface area contributed by atoms with Crippen LogP contribution in [-0.2, 0) is 4.79 Å². The second kappa shape index (κ2) is 9.63. The zero-order valence-electron chi connectivity index (χ0n) is 10.9. The van der Waals surface area contributed by atoms with E-state index in [2.05, 4.69) is 28.1 Å². The Morgan fingerprint density at radius 1 is 1.11 bits per heavy atom. The molecule has 0 fully saturated rings. The van der Waals surface area contributed by atoms with Gasteiger partial charge in [0.1, 0.15) is 0 Å². The van der Waals surface area contributed by atoms with Gasteiger partial charge < -0.3 is 16.0 Å². The first-order chi connectivity index (χ1) is 9.18. The van der Waals surface area contributed by atoms with Gasteiger partial charge in [0.2, 0.25) is 5.91 Å². The van der Waals surface area contributed by atoms with Crippen molar-refractivity contribution in [3.8, 4) is 0 Å². The topological polar surface area (TPSA) is 53.2 Å². The van der Waals surface area contributed by atoms with Gasteiger partial charge in [-0.25, -0.2) is 0 Å². The predicted molar refractivity (Wildman–Crippen MR) is 84.5 cm³/mol. The van der Waals surface area contributed by atoms with Gasteiger partial charge >= 0.3 is 0 Å². The van der Waals surface area contributed by atoms with Crippen LogP contribution in [0.5, 0.6) is 0 Å². The lowest BCUT2D eigenvalue weighted by atomic mass is 10.4. The number of thiocarbonyl (C=S) groups is 1. The molecule has 1 amide bonds. The molecule has 0 aliphatic carbocycles. The van der Waals surface area contributed by atoms with E-state index < -0.39 is 0 Å². The molecule has 0 saturated heterocycles. The van der Waals surface area contributed by atoms with E-state index in [-0.39, 0.29) is 5.91 Å². The summed E-state index contributed by atoms with van der Waals surface area (Å²) in [4.78, 5) is 11.9. The van der Waals surface area contributed by atoms with Crippen molar-refractivity contribution in [3.63, 3.8) is 0 Å². The monoisotopic (exact) mass is 297 g/mol. The molecule has 0 unspecified atom stereocenters. The van der Waals surface area contributed by atoms with Gasteiger partial charge in [0.15, 0.2) is 5.11 Å². The van der Waals surface area contributed by atoms with Crippen LogP contribution in [0.3, 0.4) is 0 Å². The highest BCUT2D eigenvalue weighted by atomic mass is 32.2. The third-order valence-electron chi connectivity index (χ3n) is 2.18. The number of carbonyl (C=O) groups excluding carboxylic acids is 1. The summed E-state index contributed by atoms with van der Waals surface area (Å²) in [5, 5.41) is 9.48. The van der Waals surface area contributed by atoms with Crippen molar-refractivity contribution in [2.75, 3.05) is 25.4 Å². The number of nitrogens with one attached hydrogen (secondary N) is 3. The van der Waals surface area contributed by atoms with Gasteiger partial charge in [-0.2, -0.15) is 0 Å². The molecule has 1 aromatic carbocycles. The van der Waals surface area contributed by atoms with Gasteiger partial charge in [0, 0.05) is 37.2 Å². The summed E-state index contributed by atoms with van der Waals surface area (Å²) in [6.45, 7) is 3.52. The smallest absolute Gasteiger partial charge is 0.216 e. The second-order valence-electron chi connectivity index (χ2n) is 3.83. The van der Waals surface area contributed by atoms with Crippen LogP contribution >= 0.6 is 24.0 Å². The van der Waals surface area contributed by atoms with Crippen molar-refractivity contribution in [2.45, 2.75) is 11.8 Å². The maximum absolute atomic E-state index is 10.6. The fourth-order valence-corrected chi connectivity index (χ4v) is 2.32. The van der Waals surface area contributed by atoms with Gasteiger partial charge in [0.25, 0.3) is 0 Å². The van der Waals surface area contributed by atoms with E-state index in [9.17, 15) is 4.79 Å². The van der Waals surface area contributed by atoms with Crippen LogP contribution in [0.25, 0.3) is 0 Å². The molecule has 4 nitrogen and oxygen atoms in total. The maximum Gasteiger partial charge on any atom is 0.216 e. The Labute approximate surface area is 123 Å². The molecular formula is C13H19N3OS2. The fourth-order valence-electron chi connectivity index (χ4n) is 1.33. The van der Waals surface area contributed by atoms with Gasteiger partial charge in [-0.3, -0.25) is 4.79 Å². The molecule has 0 heterocycles. The number of hydrogen-bond acceptors (Lipinski definition) is 3. The largest absolute Gasteiger partial charge is 0.362 e. The van der Waals surface area contributed by atoms with E-state index in [4.69, 9.17) is 12.2 Å². The average Bonchev–Trinajstić information content (AvgIpc) is 2.41. The highest BCUT2D eigenvalue weighted by Gasteiger charge is 1.96. The Morgan fingerprint density at radius 3 is 2.42 bits per heavy atom. The molecule has 0 aliphatic heterocycles. The van der Waals surface area contributed by atoms with E-state index in [1.807, 2.05) is 18.2 Å². The van der Waals surface area contributed by atoms with E-state index in [1.165, 1.54) is 11.8 Å². The van der Waals surface area contributed by atoms with Crippen molar-refractivity contribution in [1.29, 1.82) is 0 Å². The standard InChI is InChI=1S/C13H19N3OS2/c1-11(17)14-7-8-15-13(18)16-9-10-19-12-5-3-2-4-6-12/h2-6H,7-10H2,1H3,(H,14,17)(H2,15,16,18). The summed E-state index contributed by atoms with van der Waals surface area (Å²) in [7, 11) is 0. The Balaban J connectivity index is 2.00. The molecule has 0 radical (unpaired) electrons. The first kappa shape index (κ1) is 15.8. The number of thioether (sulfide) groups is 1.